The number of aryl methyl sites for hydroxylation is 1. The fourth-order valence-corrected chi connectivity index (χ4v) is 4.94. The summed E-state index contributed by atoms with van der Waals surface area (Å²) in [7, 11) is 0. The molecule has 6 nitrogen and oxygen atoms in total. The third kappa shape index (κ3) is 4.26. The van der Waals surface area contributed by atoms with Crippen LogP contribution in [0.1, 0.15) is 32.7 Å². The lowest BCUT2D eigenvalue weighted by Gasteiger charge is -2.16. The molecule has 0 aliphatic rings. The standard InChI is InChI=1S/C25H19F3N4O2S/c1-14-30-23-22(35-14)18-12-15(24(34)31-20(13-33)19-4-2-3-11-29-19)5-10-21(18)32(23)17-8-6-16(7-9-17)25(26,27)28/h2-12,20,33H,13H2,1H3,(H,31,34)/t20-/m1/s1. The van der Waals surface area contributed by atoms with E-state index in [1.807, 2.05) is 6.92 Å². The van der Waals surface area contributed by atoms with Gasteiger partial charge in [0.15, 0.2) is 5.65 Å². The Morgan fingerprint density at radius 1 is 1.14 bits per heavy atom. The van der Waals surface area contributed by atoms with Crippen LogP contribution in [0.2, 0.25) is 0 Å². The Morgan fingerprint density at radius 2 is 1.91 bits per heavy atom. The number of aliphatic hydroxyl groups is 1. The first-order valence-electron chi connectivity index (χ1n) is 10.7. The van der Waals surface area contributed by atoms with Gasteiger partial charge in [0, 0.05) is 22.8 Å². The van der Waals surface area contributed by atoms with Crippen LogP contribution < -0.4 is 5.32 Å². The van der Waals surface area contributed by atoms with Crippen molar-refractivity contribution in [3.05, 3.63) is 88.7 Å². The molecule has 10 heteroatoms. The third-order valence-corrected chi connectivity index (χ3v) is 6.65. The SMILES string of the molecule is Cc1nc2c(s1)c1cc(C(=O)N[C@H](CO)c3ccccn3)ccc1n2-c1ccc(C(F)(F)F)cc1. The van der Waals surface area contributed by atoms with Gasteiger partial charge in [0.05, 0.1) is 39.1 Å². The fourth-order valence-electron chi connectivity index (χ4n) is 4.01. The molecule has 0 fully saturated rings. The van der Waals surface area contributed by atoms with Crippen LogP contribution in [0, 0.1) is 6.92 Å². The van der Waals surface area contributed by atoms with E-state index in [-0.39, 0.29) is 12.5 Å². The van der Waals surface area contributed by atoms with Crippen molar-refractivity contribution in [1.29, 1.82) is 0 Å². The van der Waals surface area contributed by atoms with Gasteiger partial charge in [0.25, 0.3) is 5.91 Å². The van der Waals surface area contributed by atoms with Crippen molar-refractivity contribution in [2.45, 2.75) is 19.1 Å². The maximum atomic E-state index is 13.0. The van der Waals surface area contributed by atoms with E-state index >= 15 is 0 Å². The molecule has 0 saturated heterocycles. The molecule has 0 aliphatic heterocycles. The van der Waals surface area contributed by atoms with Gasteiger partial charge in [0.2, 0.25) is 0 Å². The molecular weight excluding hydrogens is 477 g/mol. The minimum Gasteiger partial charge on any atom is -0.394 e. The number of alkyl halides is 3. The molecule has 1 amide bonds. The van der Waals surface area contributed by atoms with E-state index in [4.69, 9.17) is 0 Å². The van der Waals surface area contributed by atoms with Gasteiger partial charge in [-0.3, -0.25) is 14.3 Å². The fraction of sp³-hybridized carbons (Fsp3) is 0.160. The number of rotatable bonds is 5. The minimum atomic E-state index is -4.42. The van der Waals surface area contributed by atoms with E-state index in [9.17, 15) is 23.1 Å². The highest BCUT2D eigenvalue weighted by Crippen LogP contribution is 2.37. The molecule has 5 aromatic rings. The first-order chi connectivity index (χ1) is 16.8. The molecule has 0 saturated carbocycles. The summed E-state index contributed by atoms with van der Waals surface area (Å²) in [4.78, 5) is 21.8. The summed E-state index contributed by atoms with van der Waals surface area (Å²) in [6, 6.07) is 14.6. The highest BCUT2D eigenvalue weighted by atomic mass is 32.1. The number of carbonyl (C=O) groups excluding carboxylic acids is 1. The molecule has 3 aromatic heterocycles. The topological polar surface area (TPSA) is 80.0 Å². The molecule has 0 unspecified atom stereocenters. The van der Waals surface area contributed by atoms with Crippen molar-refractivity contribution < 1.29 is 23.1 Å². The van der Waals surface area contributed by atoms with Crippen LogP contribution in [0.4, 0.5) is 13.2 Å². The Morgan fingerprint density at radius 3 is 2.57 bits per heavy atom. The lowest BCUT2D eigenvalue weighted by Crippen LogP contribution is -2.31. The van der Waals surface area contributed by atoms with E-state index in [0.717, 1.165) is 32.7 Å². The maximum absolute atomic E-state index is 13.0. The Hall–Kier alpha value is -3.76. The average Bonchev–Trinajstić information content (AvgIpc) is 3.36. The molecule has 178 valence electrons. The molecule has 0 radical (unpaired) electrons. The lowest BCUT2D eigenvalue weighted by atomic mass is 10.1. The first-order valence-corrected chi connectivity index (χ1v) is 11.5. The zero-order chi connectivity index (χ0) is 24.7. The highest BCUT2D eigenvalue weighted by molar-refractivity contribution is 7.19. The maximum Gasteiger partial charge on any atom is 0.416 e. The van der Waals surface area contributed by atoms with Crippen LogP contribution in [-0.2, 0) is 6.18 Å². The Bertz CT molecular complexity index is 1530. The second-order valence-electron chi connectivity index (χ2n) is 7.96. The summed E-state index contributed by atoms with van der Waals surface area (Å²) in [6.07, 6.45) is -2.84. The van der Waals surface area contributed by atoms with Gasteiger partial charge in [0.1, 0.15) is 0 Å². The molecule has 0 spiro atoms. The number of fused-ring (bicyclic) bond motifs is 3. The number of carbonyl (C=O) groups is 1. The molecule has 1 atom stereocenters. The van der Waals surface area contributed by atoms with Crippen LogP contribution >= 0.6 is 11.3 Å². The average molecular weight is 497 g/mol. The number of hydrogen-bond acceptors (Lipinski definition) is 5. The van der Waals surface area contributed by atoms with Crippen LogP contribution in [-0.4, -0.2) is 32.2 Å². The predicted molar refractivity (Wildman–Crippen MR) is 128 cm³/mol. The lowest BCUT2D eigenvalue weighted by molar-refractivity contribution is -0.137. The summed E-state index contributed by atoms with van der Waals surface area (Å²) in [6.45, 7) is 1.54. The van der Waals surface area contributed by atoms with Crippen molar-refractivity contribution in [3.63, 3.8) is 0 Å². The van der Waals surface area contributed by atoms with E-state index in [0.29, 0.717) is 22.6 Å². The van der Waals surface area contributed by atoms with E-state index in [1.165, 1.54) is 23.5 Å². The van der Waals surface area contributed by atoms with Crippen LogP contribution in [0.25, 0.3) is 26.9 Å². The molecule has 5 rings (SSSR count). The first kappa shape index (κ1) is 23.0. The normalized spacial score (nSPS) is 12.8. The van der Waals surface area contributed by atoms with Gasteiger partial charge in [-0.25, -0.2) is 4.98 Å². The van der Waals surface area contributed by atoms with E-state index in [1.54, 1.807) is 47.2 Å². The van der Waals surface area contributed by atoms with Crippen LogP contribution in [0.5, 0.6) is 0 Å². The number of halogens is 3. The number of thiazole rings is 1. The van der Waals surface area contributed by atoms with Crippen molar-refractivity contribution in [2.24, 2.45) is 0 Å². The van der Waals surface area contributed by atoms with Crippen LogP contribution in [0.3, 0.4) is 0 Å². The molecule has 2 N–H and O–H groups in total. The highest BCUT2D eigenvalue weighted by Gasteiger charge is 2.30. The number of pyridine rings is 1. The number of hydrogen-bond donors (Lipinski definition) is 2. The summed E-state index contributed by atoms with van der Waals surface area (Å²) in [5.41, 5.74) is 2.06. The van der Waals surface area contributed by atoms with Gasteiger partial charge < -0.3 is 10.4 Å². The molecule has 35 heavy (non-hydrogen) atoms. The van der Waals surface area contributed by atoms with Crippen molar-refractivity contribution in [2.75, 3.05) is 6.61 Å². The number of benzene rings is 2. The Labute approximate surface area is 201 Å². The Kier molecular flexibility index (Phi) is 5.78. The molecular formula is C25H19F3N4O2S. The summed E-state index contributed by atoms with van der Waals surface area (Å²) < 4.78 is 41.7. The number of amides is 1. The van der Waals surface area contributed by atoms with E-state index < -0.39 is 17.8 Å². The second kappa shape index (κ2) is 8.79. The summed E-state index contributed by atoms with van der Waals surface area (Å²) >= 11 is 1.45. The number of aromatic nitrogens is 3. The smallest absolute Gasteiger partial charge is 0.394 e. The largest absolute Gasteiger partial charge is 0.416 e. The molecule has 0 bridgehead atoms. The zero-order valence-electron chi connectivity index (χ0n) is 18.4. The number of nitrogens with zero attached hydrogens (tertiary/aromatic N) is 3. The number of aliphatic hydroxyl groups excluding tert-OH is 1. The second-order valence-corrected chi connectivity index (χ2v) is 9.16. The van der Waals surface area contributed by atoms with Crippen molar-refractivity contribution in [3.8, 4) is 5.69 Å². The van der Waals surface area contributed by atoms with Gasteiger partial charge in [-0.05, 0) is 61.5 Å². The quantitative estimate of drug-likeness (QED) is 0.340. The third-order valence-electron chi connectivity index (χ3n) is 5.66. The summed E-state index contributed by atoms with van der Waals surface area (Å²) in [5, 5.41) is 14.1. The minimum absolute atomic E-state index is 0.312. The molecule has 3 heterocycles. The van der Waals surface area contributed by atoms with Gasteiger partial charge in [-0.15, -0.1) is 11.3 Å². The summed E-state index contributed by atoms with van der Waals surface area (Å²) in [5.74, 6) is -0.381. The van der Waals surface area contributed by atoms with Gasteiger partial charge in [-0.1, -0.05) is 6.07 Å². The molecule has 2 aromatic carbocycles. The zero-order valence-corrected chi connectivity index (χ0v) is 19.2. The number of nitrogens with one attached hydrogen (secondary N) is 1. The van der Waals surface area contributed by atoms with Crippen molar-refractivity contribution in [1.82, 2.24) is 19.9 Å². The Balaban J connectivity index is 1.56. The van der Waals surface area contributed by atoms with E-state index in [2.05, 4.69) is 15.3 Å². The monoisotopic (exact) mass is 496 g/mol. The predicted octanol–water partition coefficient (Wildman–Crippen LogP) is 5.43. The molecule has 0 aliphatic carbocycles. The van der Waals surface area contributed by atoms with Crippen molar-refractivity contribution >= 4 is 38.5 Å². The van der Waals surface area contributed by atoms with Gasteiger partial charge in [-0.2, -0.15) is 13.2 Å². The van der Waals surface area contributed by atoms with Crippen LogP contribution in [0.15, 0.2) is 66.9 Å². The van der Waals surface area contributed by atoms with Gasteiger partial charge >= 0.3 is 6.18 Å².